The molecule has 0 aliphatic carbocycles. The van der Waals surface area contributed by atoms with Gasteiger partial charge in [0.25, 0.3) is 0 Å². The number of nitrogens with one attached hydrogen (secondary N) is 3. The van der Waals surface area contributed by atoms with Gasteiger partial charge in [0.15, 0.2) is 0 Å². The highest BCUT2D eigenvalue weighted by atomic mass is 16.5. The monoisotopic (exact) mass is 432 g/mol. The van der Waals surface area contributed by atoms with Crippen LogP contribution in [0.5, 0.6) is 0 Å². The molecule has 1 heterocycles. The predicted molar refractivity (Wildman–Crippen MR) is 117 cm³/mol. The summed E-state index contributed by atoms with van der Waals surface area (Å²) >= 11 is 0. The summed E-state index contributed by atoms with van der Waals surface area (Å²) in [4.78, 5) is 50.4. The van der Waals surface area contributed by atoms with Gasteiger partial charge < -0.3 is 20.7 Å². The van der Waals surface area contributed by atoms with Crippen LogP contribution in [-0.2, 0) is 23.9 Å². The first-order valence-corrected chi connectivity index (χ1v) is 10.8. The number of nitrogens with zero attached hydrogens (tertiary/aromatic N) is 1. The van der Waals surface area contributed by atoms with Gasteiger partial charge in [-0.3, -0.25) is 24.1 Å². The van der Waals surface area contributed by atoms with Crippen LogP contribution in [0.2, 0.25) is 0 Å². The number of amides is 3. The molecule has 1 aromatic rings. The van der Waals surface area contributed by atoms with Gasteiger partial charge in [-0.1, -0.05) is 26.3 Å². The number of unbranched alkanes of at least 4 members (excludes halogenated alkanes) is 1. The number of piperazine rings is 1. The lowest BCUT2D eigenvalue weighted by Gasteiger charge is -2.33. The molecule has 0 saturated carbocycles. The molecule has 1 unspecified atom stereocenters. The van der Waals surface area contributed by atoms with Gasteiger partial charge >= 0.3 is 5.97 Å². The van der Waals surface area contributed by atoms with Crippen molar-refractivity contribution in [1.29, 1.82) is 0 Å². The van der Waals surface area contributed by atoms with E-state index in [1.165, 1.54) is 0 Å². The minimum absolute atomic E-state index is 0.0350. The third-order valence-corrected chi connectivity index (χ3v) is 4.82. The Morgan fingerprint density at radius 3 is 2.52 bits per heavy atom. The van der Waals surface area contributed by atoms with Crippen LogP contribution in [0, 0.1) is 0 Å². The Labute approximate surface area is 182 Å². The van der Waals surface area contributed by atoms with Crippen LogP contribution < -0.4 is 16.0 Å². The lowest BCUT2D eigenvalue weighted by Crippen LogP contribution is -2.57. The van der Waals surface area contributed by atoms with E-state index in [1.54, 1.807) is 29.2 Å². The first-order valence-electron chi connectivity index (χ1n) is 10.8. The topological polar surface area (TPSA) is 117 Å². The van der Waals surface area contributed by atoms with E-state index in [4.69, 9.17) is 4.74 Å². The second-order valence-electron chi connectivity index (χ2n) is 7.48. The Kier molecular flexibility index (Phi) is 9.96. The molecule has 170 valence electrons. The van der Waals surface area contributed by atoms with E-state index in [2.05, 4.69) is 16.0 Å². The molecule has 0 bridgehead atoms. The smallest absolute Gasteiger partial charge is 0.307 e. The number of carbonyl (C=O) groups is 4. The highest BCUT2D eigenvalue weighted by molar-refractivity contribution is 5.95. The molecule has 0 aromatic heterocycles. The minimum atomic E-state index is -0.742. The predicted octanol–water partition coefficient (Wildman–Crippen LogP) is 1.90. The standard InChI is InChI=1S/C22H32N4O5/c1-3-5-12-31-21(29)14-18-22(30)23-10-11-26(18)15-20(28)25-17-9-6-8-16(13-17)24-19(27)7-4-2/h6,8-9,13,18H,3-5,7,10-12,14-15H2,1-2H3,(H,23,30)(H,24,27)(H,25,28). The Bertz CT molecular complexity index is 783. The lowest BCUT2D eigenvalue weighted by atomic mass is 10.1. The second kappa shape index (κ2) is 12.7. The molecule has 1 aliphatic rings. The van der Waals surface area contributed by atoms with Crippen LogP contribution >= 0.6 is 0 Å². The number of esters is 1. The highest BCUT2D eigenvalue weighted by Gasteiger charge is 2.33. The summed E-state index contributed by atoms with van der Waals surface area (Å²) in [6.45, 7) is 5.08. The van der Waals surface area contributed by atoms with Crippen LogP contribution in [0.1, 0.15) is 46.0 Å². The lowest BCUT2D eigenvalue weighted by molar-refractivity contribution is -0.149. The molecule has 9 heteroatoms. The van der Waals surface area contributed by atoms with Crippen molar-refractivity contribution in [2.24, 2.45) is 0 Å². The van der Waals surface area contributed by atoms with Crippen LogP contribution in [-0.4, -0.2) is 60.9 Å². The van der Waals surface area contributed by atoms with E-state index in [0.29, 0.717) is 37.5 Å². The average molecular weight is 433 g/mol. The maximum atomic E-state index is 12.6. The van der Waals surface area contributed by atoms with Gasteiger partial charge in [0.05, 0.1) is 19.6 Å². The average Bonchev–Trinajstić information content (AvgIpc) is 2.71. The van der Waals surface area contributed by atoms with E-state index in [0.717, 1.165) is 19.3 Å². The van der Waals surface area contributed by atoms with Crippen molar-refractivity contribution in [3.63, 3.8) is 0 Å². The summed E-state index contributed by atoms with van der Waals surface area (Å²) < 4.78 is 5.16. The van der Waals surface area contributed by atoms with Crippen molar-refractivity contribution in [2.45, 2.75) is 52.0 Å². The van der Waals surface area contributed by atoms with E-state index >= 15 is 0 Å². The number of anilines is 2. The molecule has 0 radical (unpaired) electrons. The summed E-state index contributed by atoms with van der Waals surface area (Å²) in [5.74, 6) is -1.13. The van der Waals surface area contributed by atoms with Crippen molar-refractivity contribution >= 4 is 35.1 Å². The van der Waals surface area contributed by atoms with Gasteiger partial charge in [-0.25, -0.2) is 0 Å². The number of rotatable bonds is 11. The zero-order valence-electron chi connectivity index (χ0n) is 18.2. The van der Waals surface area contributed by atoms with Crippen molar-refractivity contribution in [2.75, 3.05) is 36.9 Å². The molecule has 1 fully saturated rings. The van der Waals surface area contributed by atoms with Gasteiger partial charge in [-0.2, -0.15) is 0 Å². The molecule has 1 aromatic carbocycles. The Morgan fingerprint density at radius 1 is 1.13 bits per heavy atom. The van der Waals surface area contributed by atoms with Crippen LogP contribution in [0.3, 0.4) is 0 Å². The molecular weight excluding hydrogens is 400 g/mol. The fraction of sp³-hybridized carbons (Fsp3) is 0.545. The Hall–Kier alpha value is -2.94. The first-order chi connectivity index (χ1) is 14.9. The van der Waals surface area contributed by atoms with Crippen LogP contribution in [0.15, 0.2) is 24.3 Å². The summed E-state index contributed by atoms with van der Waals surface area (Å²) in [7, 11) is 0. The molecule has 31 heavy (non-hydrogen) atoms. The summed E-state index contributed by atoms with van der Waals surface area (Å²) in [6.07, 6.45) is 2.76. The van der Waals surface area contributed by atoms with Crippen molar-refractivity contribution < 1.29 is 23.9 Å². The first kappa shape index (κ1) is 24.3. The number of hydrogen-bond acceptors (Lipinski definition) is 6. The second-order valence-corrected chi connectivity index (χ2v) is 7.48. The zero-order chi connectivity index (χ0) is 22.6. The van der Waals surface area contributed by atoms with E-state index < -0.39 is 12.0 Å². The molecule has 1 saturated heterocycles. The Balaban J connectivity index is 1.93. The van der Waals surface area contributed by atoms with E-state index in [1.807, 2.05) is 13.8 Å². The third kappa shape index (κ3) is 8.37. The van der Waals surface area contributed by atoms with Gasteiger partial charge in [0, 0.05) is 30.9 Å². The fourth-order valence-electron chi connectivity index (χ4n) is 3.23. The maximum Gasteiger partial charge on any atom is 0.307 e. The summed E-state index contributed by atoms with van der Waals surface area (Å²) in [5.41, 5.74) is 1.14. The molecule has 3 amide bonds. The van der Waals surface area contributed by atoms with Crippen LogP contribution in [0.4, 0.5) is 11.4 Å². The van der Waals surface area contributed by atoms with Crippen molar-refractivity contribution in [1.82, 2.24) is 10.2 Å². The molecule has 3 N–H and O–H groups in total. The van der Waals surface area contributed by atoms with Gasteiger partial charge in [0.1, 0.15) is 6.04 Å². The molecule has 1 aliphatic heterocycles. The molecule has 0 spiro atoms. The minimum Gasteiger partial charge on any atom is -0.466 e. The summed E-state index contributed by atoms with van der Waals surface area (Å²) in [5, 5.41) is 8.31. The van der Waals surface area contributed by atoms with Gasteiger partial charge in [-0.15, -0.1) is 0 Å². The molecule has 2 rings (SSSR count). The van der Waals surface area contributed by atoms with Crippen molar-refractivity contribution in [3.8, 4) is 0 Å². The maximum absolute atomic E-state index is 12.6. The number of benzene rings is 1. The number of hydrogen-bond donors (Lipinski definition) is 3. The fourth-order valence-corrected chi connectivity index (χ4v) is 3.23. The quantitative estimate of drug-likeness (QED) is 0.363. The number of ether oxygens (including phenoxy) is 1. The van der Waals surface area contributed by atoms with Crippen molar-refractivity contribution in [3.05, 3.63) is 24.3 Å². The Morgan fingerprint density at radius 2 is 1.84 bits per heavy atom. The third-order valence-electron chi connectivity index (χ3n) is 4.82. The van der Waals surface area contributed by atoms with Gasteiger partial charge in [-0.05, 0) is 31.0 Å². The molecular formula is C22H32N4O5. The van der Waals surface area contributed by atoms with Crippen LogP contribution in [0.25, 0.3) is 0 Å². The largest absolute Gasteiger partial charge is 0.466 e. The molecule has 9 nitrogen and oxygen atoms in total. The molecule has 1 atom stereocenters. The normalized spacial score (nSPS) is 16.3. The SMILES string of the molecule is CCCCOC(=O)CC1C(=O)NCCN1CC(=O)Nc1cccc(NC(=O)CCC)c1. The van der Waals surface area contributed by atoms with E-state index in [-0.39, 0.29) is 30.7 Å². The number of carbonyl (C=O) groups excluding carboxylic acids is 4. The summed E-state index contributed by atoms with van der Waals surface area (Å²) in [6, 6.07) is 6.14. The zero-order valence-corrected chi connectivity index (χ0v) is 18.2. The van der Waals surface area contributed by atoms with E-state index in [9.17, 15) is 19.2 Å². The van der Waals surface area contributed by atoms with Gasteiger partial charge in [0.2, 0.25) is 17.7 Å². The highest BCUT2D eigenvalue weighted by Crippen LogP contribution is 2.16.